The van der Waals surface area contributed by atoms with Gasteiger partial charge in [0.1, 0.15) is 11.5 Å². The van der Waals surface area contributed by atoms with Gasteiger partial charge < -0.3 is 20.1 Å². The van der Waals surface area contributed by atoms with Crippen molar-refractivity contribution in [3.63, 3.8) is 0 Å². The fraction of sp³-hybridized carbons (Fsp3) is 0.440. The van der Waals surface area contributed by atoms with E-state index in [1.807, 2.05) is 61.5 Å². The number of anilines is 1. The van der Waals surface area contributed by atoms with E-state index in [0.717, 1.165) is 43.8 Å². The lowest BCUT2D eigenvalue weighted by Crippen LogP contribution is -2.48. The summed E-state index contributed by atoms with van der Waals surface area (Å²) in [5.41, 5.74) is 0.729. The number of likely N-dealkylation sites (tertiary alicyclic amines) is 1. The lowest BCUT2D eigenvalue weighted by molar-refractivity contribution is -0.127. The van der Waals surface area contributed by atoms with Crippen molar-refractivity contribution in [2.45, 2.75) is 32.2 Å². The van der Waals surface area contributed by atoms with Gasteiger partial charge in [-0.2, -0.15) is 0 Å². The van der Waals surface area contributed by atoms with Crippen LogP contribution in [0.5, 0.6) is 11.5 Å². The van der Waals surface area contributed by atoms with Crippen molar-refractivity contribution < 1.29 is 19.1 Å². The highest BCUT2D eigenvalue weighted by Crippen LogP contribution is 2.23. The first kappa shape index (κ1) is 23.8. The highest BCUT2D eigenvalue weighted by atomic mass is 16.5. The highest BCUT2D eigenvalue weighted by Gasteiger charge is 2.29. The summed E-state index contributed by atoms with van der Waals surface area (Å²) >= 11 is 0. The molecule has 0 bridgehead atoms. The maximum atomic E-state index is 12.7. The summed E-state index contributed by atoms with van der Waals surface area (Å²) in [4.78, 5) is 27.2. The summed E-state index contributed by atoms with van der Waals surface area (Å²) in [5.74, 6) is 1.55. The lowest BCUT2D eigenvalue weighted by atomic mass is 9.95. The van der Waals surface area contributed by atoms with Crippen LogP contribution in [0.15, 0.2) is 54.6 Å². The molecule has 32 heavy (non-hydrogen) atoms. The second kappa shape index (κ2) is 12.2. The number of hydrogen-bond donors (Lipinski definition) is 2. The predicted octanol–water partition coefficient (Wildman–Crippen LogP) is 3.67. The molecule has 1 atom stereocenters. The van der Waals surface area contributed by atoms with Crippen LogP contribution in [0, 0.1) is 5.92 Å². The van der Waals surface area contributed by atoms with Gasteiger partial charge in [0.15, 0.2) is 0 Å². The Balaban J connectivity index is 1.42. The number of methoxy groups -OCH3 is 1. The molecule has 3 rings (SSSR count). The molecule has 2 amide bonds. The Morgan fingerprint density at radius 3 is 2.34 bits per heavy atom. The number of hydrogen-bond acceptors (Lipinski definition) is 5. The molecule has 2 aromatic rings. The maximum absolute atomic E-state index is 12.7. The molecule has 7 heteroatoms. The van der Waals surface area contributed by atoms with Crippen LogP contribution < -0.4 is 15.4 Å². The molecule has 1 unspecified atom stereocenters. The third-order valence-corrected chi connectivity index (χ3v) is 5.75. The molecule has 0 spiro atoms. The first-order valence-corrected chi connectivity index (χ1v) is 11.2. The summed E-state index contributed by atoms with van der Waals surface area (Å²) in [6.45, 7) is 4.66. The number of carbonyl (C=O) groups excluding carboxylic acids is 2. The van der Waals surface area contributed by atoms with Crippen molar-refractivity contribution >= 4 is 17.5 Å². The Morgan fingerprint density at radius 2 is 1.69 bits per heavy atom. The summed E-state index contributed by atoms with van der Waals surface area (Å²) in [7, 11) is 1.66. The van der Waals surface area contributed by atoms with Crippen molar-refractivity contribution in [1.82, 2.24) is 10.2 Å². The molecule has 1 aliphatic rings. The number of piperidine rings is 1. The summed E-state index contributed by atoms with van der Waals surface area (Å²) in [5, 5.41) is 5.96. The van der Waals surface area contributed by atoms with Gasteiger partial charge in [0.2, 0.25) is 11.8 Å². The Bertz CT molecular complexity index is 849. The predicted molar refractivity (Wildman–Crippen MR) is 125 cm³/mol. The third-order valence-electron chi connectivity index (χ3n) is 5.75. The fourth-order valence-electron chi connectivity index (χ4n) is 3.76. The van der Waals surface area contributed by atoms with E-state index in [9.17, 15) is 9.59 Å². The van der Waals surface area contributed by atoms with Crippen LogP contribution in [-0.2, 0) is 14.3 Å². The second-order valence-corrected chi connectivity index (χ2v) is 8.05. The van der Waals surface area contributed by atoms with Crippen LogP contribution in [-0.4, -0.2) is 56.1 Å². The third kappa shape index (κ3) is 7.07. The number of nitrogens with zero attached hydrogens (tertiary/aromatic N) is 1. The van der Waals surface area contributed by atoms with Gasteiger partial charge in [-0.25, -0.2) is 0 Å². The van der Waals surface area contributed by atoms with Crippen LogP contribution >= 0.6 is 0 Å². The zero-order chi connectivity index (χ0) is 22.8. The van der Waals surface area contributed by atoms with E-state index >= 15 is 0 Å². The Labute approximate surface area is 190 Å². The molecule has 1 aliphatic heterocycles. The largest absolute Gasteiger partial charge is 0.457 e. The monoisotopic (exact) mass is 439 g/mol. The Hall–Kier alpha value is -2.90. The van der Waals surface area contributed by atoms with Crippen LogP contribution in [0.3, 0.4) is 0 Å². The molecule has 172 valence electrons. The molecule has 7 nitrogen and oxygen atoms in total. The van der Waals surface area contributed by atoms with Crippen LogP contribution in [0.4, 0.5) is 5.69 Å². The smallest absolute Gasteiger partial charge is 0.241 e. The van der Waals surface area contributed by atoms with E-state index in [1.165, 1.54) is 0 Å². The zero-order valence-electron chi connectivity index (χ0n) is 18.9. The number of para-hydroxylation sites is 1. The molecule has 1 heterocycles. The SMILES string of the molecule is COCCCNC(=O)C1CCN(C(C)C(=O)Nc2ccc(Oc3ccccc3)cc2)CC1. The molecule has 0 radical (unpaired) electrons. The number of benzene rings is 2. The average molecular weight is 440 g/mol. The van der Waals surface area contributed by atoms with Crippen LogP contribution in [0.1, 0.15) is 26.2 Å². The topological polar surface area (TPSA) is 79.9 Å². The molecule has 0 aromatic heterocycles. The van der Waals surface area contributed by atoms with Gasteiger partial charge in [0, 0.05) is 31.9 Å². The molecular formula is C25H33N3O4. The van der Waals surface area contributed by atoms with Crippen molar-refractivity contribution in [3.8, 4) is 11.5 Å². The Kier molecular flexibility index (Phi) is 9.07. The van der Waals surface area contributed by atoms with E-state index in [4.69, 9.17) is 9.47 Å². The Morgan fingerprint density at radius 1 is 1.03 bits per heavy atom. The normalized spacial score (nSPS) is 15.7. The quantitative estimate of drug-likeness (QED) is 0.552. The van der Waals surface area contributed by atoms with Crippen molar-refractivity contribution in [2.24, 2.45) is 5.92 Å². The van der Waals surface area contributed by atoms with Crippen molar-refractivity contribution in [2.75, 3.05) is 38.7 Å². The van der Waals surface area contributed by atoms with Gasteiger partial charge in [-0.15, -0.1) is 0 Å². The van der Waals surface area contributed by atoms with E-state index in [-0.39, 0.29) is 23.8 Å². The summed E-state index contributed by atoms with van der Waals surface area (Å²) in [6, 6.07) is 16.7. The van der Waals surface area contributed by atoms with Crippen LogP contribution in [0.2, 0.25) is 0 Å². The molecule has 1 fully saturated rings. The van der Waals surface area contributed by atoms with E-state index in [1.54, 1.807) is 7.11 Å². The second-order valence-electron chi connectivity index (χ2n) is 8.05. The fourth-order valence-corrected chi connectivity index (χ4v) is 3.76. The number of nitrogens with one attached hydrogen (secondary N) is 2. The molecule has 0 aliphatic carbocycles. The van der Waals surface area contributed by atoms with Crippen LogP contribution in [0.25, 0.3) is 0 Å². The first-order valence-electron chi connectivity index (χ1n) is 11.2. The standard InChI is InChI=1S/C25H33N3O4/c1-19(28-16-13-20(14-17-28)25(30)26-15-6-18-31-2)24(29)27-21-9-11-23(12-10-21)32-22-7-4-3-5-8-22/h3-5,7-12,19-20H,6,13-18H2,1-2H3,(H,26,30)(H,27,29). The highest BCUT2D eigenvalue weighted by molar-refractivity contribution is 5.94. The van der Waals surface area contributed by atoms with Gasteiger partial charge in [-0.1, -0.05) is 18.2 Å². The van der Waals surface area contributed by atoms with Crippen molar-refractivity contribution in [3.05, 3.63) is 54.6 Å². The van der Waals surface area contributed by atoms with Crippen molar-refractivity contribution in [1.29, 1.82) is 0 Å². The number of amides is 2. The number of carbonyl (C=O) groups is 2. The number of ether oxygens (including phenoxy) is 2. The van der Waals surface area contributed by atoms with E-state index < -0.39 is 0 Å². The van der Waals surface area contributed by atoms with Gasteiger partial charge in [-0.05, 0) is 75.7 Å². The molecule has 1 saturated heterocycles. The van der Waals surface area contributed by atoms with Gasteiger partial charge in [0.05, 0.1) is 6.04 Å². The minimum absolute atomic E-state index is 0.0150. The average Bonchev–Trinajstić information content (AvgIpc) is 2.83. The first-order chi connectivity index (χ1) is 15.6. The summed E-state index contributed by atoms with van der Waals surface area (Å²) in [6.07, 6.45) is 2.34. The lowest BCUT2D eigenvalue weighted by Gasteiger charge is -2.34. The van der Waals surface area contributed by atoms with E-state index in [2.05, 4.69) is 15.5 Å². The minimum atomic E-state index is -0.263. The molecular weight excluding hydrogens is 406 g/mol. The number of rotatable bonds is 10. The van der Waals surface area contributed by atoms with Gasteiger partial charge in [-0.3, -0.25) is 14.5 Å². The zero-order valence-corrected chi connectivity index (χ0v) is 18.9. The minimum Gasteiger partial charge on any atom is -0.457 e. The van der Waals surface area contributed by atoms with Gasteiger partial charge in [0.25, 0.3) is 0 Å². The molecule has 2 aromatic carbocycles. The van der Waals surface area contributed by atoms with E-state index in [0.29, 0.717) is 18.9 Å². The maximum Gasteiger partial charge on any atom is 0.241 e. The molecule has 2 N–H and O–H groups in total. The molecule has 0 saturated carbocycles. The summed E-state index contributed by atoms with van der Waals surface area (Å²) < 4.78 is 10.8. The van der Waals surface area contributed by atoms with Gasteiger partial charge >= 0.3 is 0 Å².